The number of nitrogens with zero attached hydrogens (tertiary/aromatic N) is 5. The van der Waals surface area contributed by atoms with Gasteiger partial charge in [-0.2, -0.15) is 0 Å². The third kappa shape index (κ3) is 3.62. The highest BCUT2D eigenvalue weighted by Crippen LogP contribution is 2.32. The van der Waals surface area contributed by atoms with Gasteiger partial charge in [0.2, 0.25) is 5.88 Å². The molecule has 0 aliphatic heterocycles. The molecular formula is C20H18FN7O2. The number of nitrogens with one attached hydrogen (secondary N) is 1. The average Bonchev–Trinajstić information content (AvgIpc) is 3.05. The number of aromatic nitrogens is 5. The minimum absolute atomic E-state index is 0.103. The minimum Gasteiger partial charge on any atom is -0.479 e. The predicted octanol–water partition coefficient (Wildman–Crippen LogP) is 2.71. The third-order valence-corrected chi connectivity index (χ3v) is 4.36. The van der Waals surface area contributed by atoms with E-state index in [1.165, 1.54) is 19.4 Å². The molecule has 0 fully saturated rings. The molecule has 0 unspecified atom stereocenters. The van der Waals surface area contributed by atoms with Crippen LogP contribution in [0, 0.1) is 12.7 Å². The van der Waals surface area contributed by atoms with Crippen molar-refractivity contribution in [1.29, 1.82) is 0 Å². The van der Waals surface area contributed by atoms with E-state index in [4.69, 9.17) is 10.5 Å². The Hall–Kier alpha value is -4.08. The molecule has 4 rings (SSSR count). The summed E-state index contributed by atoms with van der Waals surface area (Å²) in [5, 5.41) is 3.08. The van der Waals surface area contributed by atoms with Gasteiger partial charge in [0.25, 0.3) is 0 Å². The van der Waals surface area contributed by atoms with Crippen LogP contribution in [0.25, 0.3) is 17.0 Å². The number of carbonyl (C=O) groups is 1. The van der Waals surface area contributed by atoms with Crippen LogP contribution in [-0.4, -0.2) is 37.7 Å². The van der Waals surface area contributed by atoms with Gasteiger partial charge in [-0.05, 0) is 18.6 Å². The Balaban J connectivity index is 1.89. The smallest absolute Gasteiger partial charge is 0.250 e. The van der Waals surface area contributed by atoms with Gasteiger partial charge in [-0.25, -0.2) is 24.3 Å². The molecule has 0 saturated heterocycles. The van der Waals surface area contributed by atoms with Crippen LogP contribution in [0.15, 0.2) is 36.7 Å². The Morgan fingerprint density at radius 1 is 1.27 bits per heavy atom. The van der Waals surface area contributed by atoms with Crippen LogP contribution < -0.4 is 15.8 Å². The second kappa shape index (κ2) is 7.74. The van der Waals surface area contributed by atoms with E-state index in [0.29, 0.717) is 40.2 Å². The maximum absolute atomic E-state index is 14.1. The van der Waals surface area contributed by atoms with Crippen molar-refractivity contribution in [2.75, 3.05) is 18.2 Å². The molecule has 152 valence electrons. The number of imidazole rings is 1. The van der Waals surface area contributed by atoms with Crippen molar-refractivity contribution in [3.05, 3.63) is 53.9 Å². The first-order valence-electron chi connectivity index (χ1n) is 9.01. The second-order valence-corrected chi connectivity index (χ2v) is 6.51. The van der Waals surface area contributed by atoms with Gasteiger partial charge < -0.3 is 20.6 Å². The lowest BCUT2D eigenvalue weighted by molar-refractivity contribution is -0.107. The van der Waals surface area contributed by atoms with Crippen molar-refractivity contribution in [3.8, 4) is 17.3 Å². The molecule has 0 aliphatic rings. The van der Waals surface area contributed by atoms with Gasteiger partial charge >= 0.3 is 0 Å². The third-order valence-electron chi connectivity index (χ3n) is 4.36. The standard InChI is InChI=1S/C20H18FN7O2/c1-11-24-15(8-16(22)25-11)18-19(26-13-7-14(21)20(30-2)23-9-13)27-17-4-3-12(5-6-29)10-28(17)18/h3-4,6-10,26H,5H2,1-2H3,(H2,22,24,25). The Kier molecular flexibility index (Phi) is 4.97. The molecule has 4 aromatic heterocycles. The molecule has 0 amide bonds. The number of aldehydes is 1. The maximum atomic E-state index is 14.1. The summed E-state index contributed by atoms with van der Waals surface area (Å²) in [5.74, 6) is 0.505. The summed E-state index contributed by atoms with van der Waals surface area (Å²) in [7, 11) is 1.34. The molecule has 0 aliphatic carbocycles. The van der Waals surface area contributed by atoms with Crippen molar-refractivity contribution in [2.24, 2.45) is 0 Å². The van der Waals surface area contributed by atoms with E-state index in [2.05, 4.69) is 25.3 Å². The van der Waals surface area contributed by atoms with E-state index in [1.807, 2.05) is 6.07 Å². The van der Waals surface area contributed by atoms with E-state index in [9.17, 15) is 9.18 Å². The molecule has 4 heterocycles. The van der Waals surface area contributed by atoms with E-state index in [-0.39, 0.29) is 12.3 Å². The van der Waals surface area contributed by atoms with Gasteiger partial charge in [-0.15, -0.1) is 0 Å². The van der Waals surface area contributed by atoms with Crippen LogP contribution in [0.3, 0.4) is 0 Å². The Bertz CT molecular complexity index is 1240. The number of pyridine rings is 2. The van der Waals surface area contributed by atoms with E-state index in [1.54, 1.807) is 29.7 Å². The van der Waals surface area contributed by atoms with Gasteiger partial charge in [0, 0.05) is 24.8 Å². The molecule has 10 heteroatoms. The number of hydrogen-bond acceptors (Lipinski definition) is 8. The summed E-state index contributed by atoms with van der Waals surface area (Å²) in [4.78, 5) is 28.1. The number of ether oxygens (including phenoxy) is 1. The summed E-state index contributed by atoms with van der Waals surface area (Å²) >= 11 is 0. The van der Waals surface area contributed by atoms with Crippen LogP contribution in [0.1, 0.15) is 11.4 Å². The van der Waals surface area contributed by atoms with Crippen LogP contribution in [0.2, 0.25) is 0 Å². The minimum atomic E-state index is -0.608. The van der Waals surface area contributed by atoms with Crippen LogP contribution in [0.4, 0.5) is 21.7 Å². The molecule has 30 heavy (non-hydrogen) atoms. The van der Waals surface area contributed by atoms with E-state index < -0.39 is 5.82 Å². The highest BCUT2D eigenvalue weighted by molar-refractivity contribution is 5.79. The highest BCUT2D eigenvalue weighted by Gasteiger charge is 2.18. The lowest BCUT2D eigenvalue weighted by Gasteiger charge is -2.09. The van der Waals surface area contributed by atoms with Gasteiger partial charge in [-0.3, -0.25) is 4.40 Å². The summed E-state index contributed by atoms with van der Waals surface area (Å²) in [5.41, 5.74) is 8.83. The number of methoxy groups -OCH3 is 1. The molecule has 0 atom stereocenters. The zero-order valence-corrected chi connectivity index (χ0v) is 16.3. The van der Waals surface area contributed by atoms with Crippen molar-refractivity contribution < 1.29 is 13.9 Å². The Labute approximate surface area is 170 Å². The molecular weight excluding hydrogens is 389 g/mol. The van der Waals surface area contributed by atoms with Crippen LogP contribution in [0.5, 0.6) is 5.88 Å². The number of carbonyl (C=O) groups excluding carboxylic acids is 1. The Morgan fingerprint density at radius 3 is 2.80 bits per heavy atom. The van der Waals surface area contributed by atoms with Crippen molar-refractivity contribution >= 4 is 29.3 Å². The monoisotopic (exact) mass is 407 g/mol. The first-order valence-corrected chi connectivity index (χ1v) is 9.01. The SMILES string of the molecule is COc1ncc(Nc2nc3ccc(CC=O)cn3c2-c2cc(N)nc(C)n2)cc1F. The van der Waals surface area contributed by atoms with Gasteiger partial charge in [0.1, 0.15) is 29.3 Å². The lowest BCUT2D eigenvalue weighted by atomic mass is 10.2. The summed E-state index contributed by atoms with van der Waals surface area (Å²) in [6.45, 7) is 1.73. The zero-order chi connectivity index (χ0) is 21.3. The summed E-state index contributed by atoms with van der Waals surface area (Å²) < 4.78 is 20.8. The number of rotatable bonds is 6. The molecule has 0 bridgehead atoms. The number of anilines is 3. The van der Waals surface area contributed by atoms with E-state index in [0.717, 1.165) is 11.8 Å². The number of hydrogen-bond donors (Lipinski definition) is 2. The first kappa shape index (κ1) is 19.2. The molecule has 0 spiro atoms. The molecule has 4 aromatic rings. The topological polar surface area (TPSA) is 120 Å². The lowest BCUT2D eigenvalue weighted by Crippen LogP contribution is -2.02. The number of halogens is 1. The molecule has 3 N–H and O–H groups in total. The zero-order valence-electron chi connectivity index (χ0n) is 16.3. The summed E-state index contributed by atoms with van der Waals surface area (Å²) in [6, 6.07) is 6.49. The van der Waals surface area contributed by atoms with Crippen LogP contribution >= 0.6 is 0 Å². The van der Waals surface area contributed by atoms with Crippen molar-refractivity contribution in [1.82, 2.24) is 24.3 Å². The fourth-order valence-electron chi connectivity index (χ4n) is 3.13. The molecule has 0 saturated carbocycles. The van der Waals surface area contributed by atoms with Gasteiger partial charge in [-0.1, -0.05) is 6.07 Å². The van der Waals surface area contributed by atoms with E-state index >= 15 is 0 Å². The van der Waals surface area contributed by atoms with Gasteiger partial charge in [0.05, 0.1) is 24.7 Å². The first-order chi connectivity index (χ1) is 14.5. The fraction of sp³-hybridized carbons (Fsp3) is 0.150. The average molecular weight is 407 g/mol. The normalized spacial score (nSPS) is 10.9. The Morgan fingerprint density at radius 2 is 2.10 bits per heavy atom. The number of nitrogens with two attached hydrogens (primary N) is 1. The predicted molar refractivity (Wildman–Crippen MR) is 109 cm³/mol. The van der Waals surface area contributed by atoms with Crippen molar-refractivity contribution in [3.63, 3.8) is 0 Å². The molecule has 0 radical (unpaired) electrons. The largest absolute Gasteiger partial charge is 0.479 e. The van der Waals surface area contributed by atoms with Gasteiger partial charge in [0.15, 0.2) is 11.6 Å². The van der Waals surface area contributed by atoms with Crippen LogP contribution in [-0.2, 0) is 11.2 Å². The number of fused-ring (bicyclic) bond motifs is 1. The number of nitrogen functional groups attached to an aromatic ring is 1. The fourth-order valence-corrected chi connectivity index (χ4v) is 3.13. The summed E-state index contributed by atoms with van der Waals surface area (Å²) in [6.07, 6.45) is 4.33. The maximum Gasteiger partial charge on any atom is 0.250 e. The molecule has 9 nitrogen and oxygen atoms in total. The number of aryl methyl sites for hydroxylation is 1. The molecule has 0 aromatic carbocycles. The second-order valence-electron chi connectivity index (χ2n) is 6.51. The highest BCUT2D eigenvalue weighted by atomic mass is 19.1. The van der Waals surface area contributed by atoms with Crippen molar-refractivity contribution in [2.45, 2.75) is 13.3 Å². The quantitative estimate of drug-likeness (QED) is 0.468.